The quantitative estimate of drug-likeness (QED) is 0.455. The van der Waals surface area contributed by atoms with E-state index in [1.807, 2.05) is 6.07 Å². The number of aryl methyl sites for hydroxylation is 1. The van der Waals surface area contributed by atoms with Gasteiger partial charge in [-0.05, 0) is 48.9 Å². The zero-order chi connectivity index (χ0) is 22.9. The van der Waals surface area contributed by atoms with Crippen molar-refractivity contribution in [2.45, 2.75) is 13.5 Å². The molecular weight excluding hydrogens is 435 g/mol. The number of anilines is 2. The number of amides is 3. The number of nitrogens with zero attached hydrogens (tertiary/aromatic N) is 1. The van der Waals surface area contributed by atoms with Gasteiger partial charge in [0.2, 0.25) is 11.8 Å². The van der Waals surface area contributed by atoms with Gasteiger partial charge < -0.3 is 20.5 Å². The van der Waals surface area contributed by atoms with E-state index in [2.05, 4.69) is 21.1 Å². The van der Waals surface area contributed by atoms with Crippen LogP contribution in [0.3, 0.4) is 0 Å². The molecule has 0 aliphatic heterocycles. The second kappa shape index (κ2) is 11.1. The number of nitrogens with one attached hydrogen (secondary N) is 3. The van der Waals surface area contributed by atoms with Crippen molar-refractivity contribution < 1.29 is 23.3 Å². The van der Waals surface area contributed by atoms with Crippen molar-refractivity contribution in [3.63, 3.8) is 0 Å². The minimum atomic E-state index is -0.414. The highest BCUT2D eigenvalue weighted by molar-refractivity contribution is 8.00. The summed E-state index contributed by atoms with van der Waals surface area (Å²) in [4.78, 5) is 36.1. The van der Waals surface area contributed by atoms with E-state index < -0.39 is 5.82 Å². The fraction of sp³-hybridized carbons (Fsp3) is 0.182. The Kier molecular flexibility index (Phi) is 7.98. The summed E-state index contributed by atoms with van der Waals surface area (Å²) in [5.74, 6) is -0.127. The second-order valence-corrected chi connectivity index (χ2v) is 7.79. The molecule has 1 aromatic heterocycles. The number of halogens is 1. The van der Waals surface area contributed by atoms with Crippen molar-refractivity contribution >= 4 is 41.0 Å². The maximum atomic E-state index is 13.0. The first-order valence-electron chi connectivity index (χ1n) is 9.62. The Morgan fingerprint density at radius 2 is 1.75 bits per heavy atom. The average Bonchev–Trinajstić information content (AvgIpc) is 3.17. The van der Waals surface area contributed by atoms with Gasteiger partial charge in [-0.2, -0.15) is 0 Å². The molecule has 3 amide bonds. The van der Waals surface area contributed by atoms with E-state index in [0.717, 1.165) is 5.56 Å². The maximum absolute atomic E-state index is 13.0. The Morgan fingerprint density at radius 3 is 2.47 bits per heavy atom. The van der Waals surface area contributed by atoms with Gasteiger partial charge >= 0.3 is 0 Å². The monoisotopic (exact) mass is 456 g/mol. The summed E-state index contributed by atoms with van der Waals surface area (Å²) >= 11 is 1.17. The van der Waals surface area contributed by atoms with Crippen LogP contribution in [0.1, 0.15) is 21.7 Å². The lowest BCUT2D eigenvalue weighted by atomic mass is 10.1. The van der Waals surface area contributed by atoms with E-state index >= 15 is 0 Å². The summed E-state index contributed by atoms with van der Waals surface area (Å²) in [6, 6.07) is 13.9. The van der Waals surface area contributed by atoms with Crippen molar-refractivity contribution in [2.75, 3.05) is 22.1 Å². The highest BCUT2D eigenvalue weighted by Gasteiger charge is 2.09. The van der Waals surface area contributed by atoms with Crippen LogP contribution in [-0.2, 0) is 16.1 Å². The van der Waals surface area contributed by atoms with Crippen LogP contribution in [-0.4, -0.2) is 34.4 Å². The highest BCUT2D eigenvalue weighted by atomic mass is 32.2. The number of hydrogen-bond donors (Lipinski definition) is 3. The molecule has 0 saturated carbocycles. The molecule has 8 nitrogen and oxygen atoms in total. The lowest BCUT2D eigenvalue weighted by Crippen LogP contribution is -2.25. The normalized spacial score (nSPS) is 10.4. The van der Waals surface area contributed by atoms with Crippen LogP contribution < -0.4 is 16.0 Å². The molecule has 3 aromatic rings. The van der Waals surface area contributed by atoms with E-state index in [4.69, 9.17) is 4.52 Å². The van der Waals surface area contributed by atoms with E-state index in [-0.39, 0.29) is 35.8 Å². The van der Waals surface area contributed by atoms with Crippen LogP contribution in [0, 0.1) is 12.7 Å². The molecule has 2 aromatic carbocycles. The third-order valence-corrected chi connectivity index (χ3v) is 5.08. The van der Waals surface area contributed by atoms with Crippen molar-refractivity contribution in [1.29, 1.82) is 0 Å². The summed E-state index contributed by atoms with van der Waals surface area (Å²) in [6.07, 6.45) is 0. The summed E-state index contributed by atoms with van der Waals surface area (Å²) in [7, 11) is 0. The third kappa shape index (κ3) is 7.24. The smallest absolute Gasteiger partial charge is 0.255 e. The van der Waals surface area contributed by atoms with Gasteiger partial charge in [0.05, 0.1) is 11.5 Å². The summed E-state index contributed by atoms with van der Waals surface area (Å²) < 4.78 is 17.9. The number of benzene rings is 2. The standard InChI is InChI=1S/C22H21FN4O4S/c1-14-9-19(27-31-14)26-21(29)13-32-12-20(28)24-11-15-3-2-4-18(10-15)25-22(30)16-5-7-17(23)8-6-16/h2-10H,11-13H2,1H3,(H,24,28)(H,25,30)(H,26,27,29). The largest absolute Gasteiger partial charge is 0.360 e. The second-order valence-electron chi connectivity index (χ2n) is 6.80. The van der Waals surface area contributed by atoms with Gasteiger partial charge in [-0.1, -0.05) is 17.3 Å². The van der Waals surface area contributed by atoms with Gasteiger partial charge in [0, 0.05) is 23.9 Å². The molecule has 0 spiro atoms. The number of thioether (sulfide) groups is 1. The Hall–Kier alpha value is -3.66. The molecule has 0 radical (unpaired) electrons. The predicted octanol–water partition coefficient (Wildman–Crippen LogP) is 3.36. The van der Waals surface area contributed by atoms with E-state index in [0.29, 0.717) is 22.8 Å². The van der Waals surface area contributed by atoms with E-state index in [1.165, 1.54) is 36.0 Å². The Bertz CT molecular complexity index is 1100. The minimum absolute atomic E-state index is 0.101. The highest BCUT2D eigenvalue weighted by Crippen LogP contribution is 2.13. The van der Waals surface area contributed by atoms with Crippen LogP contribution >= 0.6 is 11.8 Å². The lowest BCUT2D eigenvalue weighted by molar-refractivity contribution is -0.118. The van der Waals surface area contributed by atoms with Gasteiger partial charge in [-0.3, -0.25) is 14.4 Å². The van der Waals surface area contributed by atoms with Crippen molar-refractivity contribution in [3.8, 4) is 0 Å². The third-order valence-electron chi connectivity index (χ3n) is 4.14. The molecule has 0 aliphatic rings. The van der Waals surface area contributed by atoms with E-state index in [9.17, 15) is 18.8 Å². The van der Waals surface area contributed by atoms with Gasteiger partial charge in [-0.25, -0.2) is 4.39 Å². The first-order chi connectivity index (χ1) is 15.4. The maximum Gasteiger partial charge on any atom is 0.255 e. The Balaban J connectivity index is 1.40. The topological polar surface area (TPSA) is 113 Å². The molecule has 0 atom stereocenters. The molecule has 0 unspecified atom stereocenters. The zero-order valence-electron chi connectivity index (χ0n) is 17.2. The van der Waals surface area contributed by atoms with Crippen LogP contribution in [0.25, 0.3) is 0 Å². The Morgan fingerprint density at radius 1 is 1.00 bits per heavy atom. The Labute approximate surface area is 187 Å². The summed E-state index contributed by atoms with van der Waals surface area (Å²) in [6.45, 7) is 1.99. The van der Waals surface area contributed by atoms with Gasteiger partial charge in [0.15, 0.2) is 5.82 Å². The molecule has 0 aliphatic carbocycles. The molecule has 10 heteroatoms. The fourth-order valence-electron chi connectivity index (χ4n) is 2.66. The predicted molar refractivity (Wildman–Crippen MR) is 120 cm³/mol. The number of hydrogen-bond acceptors (Lipinski definition) is 6. The molecule has 32 heavy (non-hydrogen) atoms. The lowest BCUT2D eigenvalue weighted by Gasteiger charge is -2.09. The summed E-state index contributed by atoms with van der Waals surface area (Å²) in [5.41, 5.74) is 1.68. The molecule has 0 bridgehead atoms. The molecule has 3 rings (SSSR count). The van der Waals surface area contributed by atoms with Gasteiger partial charge in [-0.15, -0.1) is 11.8 Å². The van der Waals surface area contributed by atoms with Crippen molar-refractivity contribution in [2.24, 2.45) is 0 Å². The van der Waals surface area contributed by atoms with Crippen LogP contribution in [0.4, 0.5) is 15.9 Å². The first kappa shape index (κ1) is 23.0. The first-order valence-corrected chi connectivity index (χ1v) is 10.8. The summed E-state index contributed by atoms with van der Waals surface area (Å²) in [5, 5.41) is 11.8. The number of carbonyl (C=O) groups is 3. The molecule has 3 N–H and O–H groups in total. The average molecular weight is 456 g/mol. The number of carbonyl (C=O) groups excluding carboxylic acids is 3. The van der Waals surface area contributed by atoms with Gasteiger partial charge in [0.1, 0.15) is 11.6 Å². The molecule has 166 valence electrons. The molecular formula is C22H21FN4O4S. The SMILES string of the molecule is Cc1cc(NC(=O)CSCC(=O)NCc2cccc(NC(=O)c3ccc(F)cc3)c2)no1. The van der Waals surface area contributed by atoms with Crippen molar-refractivity contribution in [1.82, 2.24) is 10.5 Å². The van der Waals surface area contributed by atoms with Crippen LogP contribution in [0.2, 0.25) is 0 Å². The van der Waals surface area contributed by atoms with E-state index in [1.54, 1.807) is 31.2 Å². The molecule has 0 saturated heterocycles. The fourth-order valence-corrected chi connectivity index (χ4v) is 3.30. The van der Waals surface area contributed by atoms with Gasteiger partial charge in [0.25, 0.3) is 5.91 Å². The number of rotatable bonds is 9. The van der Waals surface area contributed by atoms with Crippen LogP contribution in [0.15, 0.2) is 59.1 Å². The van der Waals surface area contributed by atoms with Crippen molar-refractivity contribution in [3.05, 3.63) is 77.3 Å². The number of aromatic nitrogens is 1. The zero-order valence-corrected chi connectivity index (χ0v) is 18.0. The molecule has 1 heterocycles. The van der Waals surface area contributed by atoms with Crippen LogP contribution in [0.5, 0.6) is 0 Å². The molecule has 0 fully saturated rings. The minimum Gasteiger partial charge on any atom is -0.360 e.